The van der Waals surface area contributed by atoms with Crippen LogP contribution in [0.2, 0.25) is 5.02 Å². The first-order chi connectivity index (χ1) is 11.8. The second kappa shape index (κ2) is 6.71. The van der Waals surface area contributed by atoms with Crippen molar-refractivity contribution in [3.8, 4) is 11.1 Å². The van der Waals surface area contributed by atoms with E-state index in [0.29, 0.717) is 5.22 Å². The van der Waals surface area contributed by atoms with E-state index in [4.69, 9.17) is 21.0 Å². The van der Waals surface area contributed by atoms with Crippen molar-refractivity contribution in [2.45, 2.75) is 11.0 Å². The van der Waals surface area contributed by atoms with Gasteiger partial charge in [-0.3, -0.25) is 0 Å². The number of hydrogen-bond acceptors (Lipinski definition) is 3. The van der Waals surface area contributed by atoms with Gasteiger partial charge in [0.05, 0.1) is 0 Å². The molecular weight excluding hydrogens is 338 g/mol. The summed E-state index contributed by atoms with van der Waals surface area (Å²) in [5.74, 6) is 0.796. The molecule has 4 rings (SSSR count). The fourth-order valence-corrected chi connectivity index (χ4v) is 3.48. The fourth-order valence-electron chi connectivity index (χ4n) is 2.57. The molecule has 1 aromatic heterocycles. The summed E-state index contributed by atoms with van der Waals surface area (Å²) < 4.78 is 5.90. The number of halogens is 1. The summed E-state index contributed by atoms with van der Waals surface area (Å²) >= 11 is 7.51. The summed E-state index contributed by atoms with van der Waals surface area (Å²) in [5, 5.41) is 1.43. The molecule has 24 heavy (non-hydrogen) atoms. The number of nitrogens with zero attached hydrogens (tertiary/aromatic N) is 1. The Balaban J connectivity index is 1.62. The minimum Gasteiger partial charge on any atom is -0.431 e. The number of aromatic nitrogens is 1. The van der Waals surface area contributed by atoms with Gasteiger partial charge in [-0.2, -0.15) is 0 Å². The van der Waals surface area contributed by atoms with E-state index in [1.54, 1.807) is 11.8 Å². The third-order valence-corrected chi connectivity index (χ3v) is 4.91. The molecule has 1 heterocycles. The molecule has 3 aromatic carbocycles. The average molecular weight is 352 g/mol. The van der Waals surface area contributed by atoms with Crippen LogP contribution in [-0.2, 0) is 5.75 Å². The van der Waals surface area contributed by atoms with Crippen LogP contribution >= 0.6 is 23.4 Å². The zero-order chi connectivity index (χ0) is 16.4. The molecule has 0 atom stereocenters. The van der Waals surface area contributed by atoms with Crippen molar-refractivity contribution < 1.29 is 4.42 Å². The predicted octanol–water partition coefficient (Wildman–Crippen LogP) is 6.44. The van der Waals surface area contributed by atoms with E-state index in [2.05, 4.69) is 18.2 Å². The zero-order valence-electron chi connectivity index (χ0n) is 12.8. The predicted molar refractivity (Wildman–Crippen MR) is 100 cm³/mol. The molecule has 0 saturated heterocycles. The van der Waals surface area contributed by atoms with Crippen LogP contribution in [0.4, 0.5) is 0 Å². The Morgan fingerprint density at radius 1 is 0.875 bits per heavy atom. The molecule has 0 fully saturated rings. The Hall–Kier alpha value is -2.23. The van der Waals surface area contributed by atoms with Crippen LogP contribution in [0.25, 0.3) is 22.2 Å². The number of fused-ring (bicyclic) bond motifs is 1. The van der Waals surface area contributed by atoms with Crippen LogP contribution in [0.15, 0.2) is 82.4 Å². The van der Waals surface area contributed by atoms with Gasteiger partial charge in [0.15, 0.2) is 5.58 Å². The zero-order valence-corrected chi connectivity index (χ0v) is 14.3. The summed E-state index contributed by atoms with van der Waals surface area (Å²) in [7, 11) is 0. The molecule has 0 aliphatic heterocycles. The van der Waals surface area contributed by atoms with E-state index in [1.807, 2.05) is 54.6 Å². The van der Waals surface area contributed by atoms with Gasteiger partial charge in [0, 0.05) is 16.3 Å². The molecule has 4 aromatic rings. The van der Waals surface area contributed by atoms with Crippen molar-refractivity contribution in [1.82, 2.24) is 4.98 Å². The quantitative estimate of drug-likeness (QED) is 0.396. The molecule has 0 radical (unpaired) electrons. The molecule has 0 N–H and O–H groups in total. The van der Waals surface area contributed by atoms with Crippen LogP contribution in [0.1, 0.15) is 5.56 Å². The monoisotopic (exact) mass is 351 g/mol. The number of benzene rings is 3. The van der Waals surface area contributed by atoms with E-state index < -0.39 is 0 Å². The van der Waals surface area contributed by atoms with Gasteiger partial charge < -0.3 is 4.42 Å². The fraction of sp³-hybridized carbons (Fsp3) is 0.0500. The first-order valence-corrected chi connectivity index (χ1v) is 8.98. The number of rotatable bonds is 4. The van der Waals surface area contributed by atoms with Gasteiger partial charge in [-0.15, -0.1) is 0 Å². The van der Waals surface area contributed by atoms with Crippen molar-refractivity contribution in [2.24, 2.45) is 0 Å². The van der Waals surface area contributed by atoms with Gasteiger partial charge in [0.25, 0.3) is 5.22 Å². The maximum atomic E-state index is 5.92. The largest absolute Gasteiger partial charge is 0.431 e. The van der Waals surface area contributed by atoms with Crippen molar-refractivity contribution in [1.29, 1.82) is 0 Å². The molecule has 0 bridgehead atoms. The number of para-hydroxylation sites is 1. The average Bonchev–Trinajstić information content (AvgIpc) is 3.05. The molecule has 0 spiro atoms. The van der Waals surface area contributed by atoms with Gasteiger partial charge in [0.1, 0.15) is 5.52 Å². The Kier molecular flexibility index (Phi) is 4.28. The second-order valence-corrected chi connectivity index (χ2v) is 6.78. The molecule has 2 nitrogen and oxygen atoms in total. The summed E-state index contributed by atoms with van der Waals surface area (Å²) in [6.45, 7) is 0. The maximum Gasteiger partial charge on any atom is 0.257 e. The standard InChI is InChI=1S/C20H14ClNOS/c21-16-11-9-14(10-12-16)13-24-20-22-19-17(7-4-8-18(19)23-20)15-5-2-1-3-6-15/h1-12H,13H2. The molecular formula is C20H14ClNOS. The van der Waals surface area contributed by atoms with Crippen molar-refractivity contribution in [3.05, 3.63) is 83.4 Å². The summed E-state index contributed by atoms with van der Waals surface area (Å²) in [6, 6.07) is 24.1. The lowest BCUT2D eigenvalue weighted by atomic mass is 10.0. The molecule has 0 saturated carbocycles. The normalized spacial score (nSPS) is 11.0. The van der Waals surface area contributed by atoms with Gasteiger partial charge in [0.2, 0.25) is 0 Å². The summed E-state index contributed by atoms with van der Waals surface area (Å²) in [4.78, 5) is 4.69. The smallest absolute Gasteiger partial charge is 0.257 e. The highest BCUT2D eigenvalue weighted by atomic mass is 35.5. The van der Waals surface area contributed by atoms with E-state index in [0.717, 1.165) is 33.0 Å². The van der Waals surface area contributed by atoms with Gasteiger partial charge >= 0.3 is 0 Å². The molecule has 0 aliphatic rings. The molecule has 0 amide bonds. The Bertz CT molecular complexity index is 964. The number of oxazole rings is 1. The first kappa shape index (κ1) is 15.3. The Morgan fingerprint density at radius 3 is 2.46 bits per heavy atom. The SMILES string of the molecule is Clc1ccc(CSc2nc3c(-c4ccccc4)cccc3o2)cc1. The minimum absolute atomic E-state index is 0.684. The highest BCUT2D eigenvalue weighted by Gasteiger charge is 2.11. The first-order valence-electron chi connectivity index (χ1n) is 7.62. The second-order valence-electron chi connectivity index (χ2n) is 5.41. The number of hydrogen-bond donors (Lipinski definition) is 0. The van der Waals surface area contributed by atoms with E-state index >= 15 is 0 Å². The molecule has 0 aliphatic carbocycles. The van der Waals surface area contributed by atoms with Gasteiger partial charge in [-0.05, 0) is 29.3 Å². The highest BCUT2D eigenvalue weighted by Crippen LogP contribution is 2.32. The van der Waals surface area contributed by atoms with Crippen LogP contribution in [0, 0.1) is 0 Å². The van der Waals surface area contributed by atoms with Crippen molar-refractivity contribution >= 4 is 34.5 Å². The van der Waals surface area contributed by atoms with Crippen molar-refractivity contribution in [2.75, 3.05) is 0 Å². The van der Waals surface area contributed by atoms with Crippen LogP contribution in [0.5, 0.6) is 0 Å². The van der Waals surface area contributed by atoms with Crippen LogP contribution in [-0.4, -0.2) is 4.98 Å². The maximum absolute atomic E-state index is 5.92. The lowest BCUT2D eigenvalue weighted by molar-refractivity contribution is 0.489. The minimum atomic E-state index is 0.684. The van der Waals surface area contributed by atoms with Gasteiger partial charge in [-0.1, -0.05) is 78.0 Å². The lowest BCUT2D eigenvalue weighted by Crippen LogP contribution is -1.81. The van der Waals surface area contributed by atoms with Gasteiger partial charge in [-0.25, -0.2) is 4.98 Å². The topological polar surface area (TPSA) is 26.0 Å². The number of thioether (sulfide) groups is 1. The third kappa shape index (κ3) is 3.18. The van der Waals surface area contributed by atoms with Crippen LogP contribution in [0.3, 0.4) is 0 Å². The summed E-state index contributed by atoms with van der Waals surface area (Å²) in [6.07, 6.45) is 0. The highest BCUT2D eigenvalue weighted by molar-refractivity contribution is 7.98. The Labute approximate surface area is 149 Å². The van der Waals surface area contributed by atoms with E-state index in [-0.39, 0.29) is 0 Å². The van der Waals surface area contributed by atoms with Crippen LogP contribution < -0.4 is 0 Å². The van der Waals surface area contributed by atoms with E-state index in [9.17, 15) is 0 Å². The Morgan fingerprint density at radius 2 is 1.67 bits per heavy atom. The van der Waals surface area contributed by atoms with E-state index in [1.165, 1.54) is 5.56 Å². The summed E-state index contributed by atoms with van der Waals surface area (Å²) in [5.41, 5.74) is 5.15. The van der Waals surface area contributed by atoms with Crippen molar-refractivity contribution in [3.63, 3.8) is 0 Å². The molecule has 0 unspecified atom stereocenters. The molecule has 4 heteroatoms. The lowest BCUT2D eigenvalue weighted by Gasteiger charge is -2.00. The molecule has 118 valence electrons. The third-order valence-electron chi connectivity index (χ3n) is 3.76.